The molecular formula is C31H40N4O6. The van der Waals surface area contributed by atoms with Gasteiger partial charge in [0.25, 0.3) is 0 Å². The van der Waals surface area contributed by atoms with Gasteiger partial charge in [-0.25, -0.2) is 0 Å². The van der Waals surface area contributed by atoms with Crippen LogP contribution in [0.5, 0.6) is 11.5 Å². The molecule has 2 amide bonds. The van der Waals surface area contributed by atoms with Crippen LogP contribution in [-0.4, -0.2) is 83.2 Å². The number of hydrogen-bond donors (Lipinski definition) is 1. The highest BCUT2D eigenvalue weighted by Crippen LogP contribution is 2.43. The average Bonchev–Trinajstić information content (AvgIpc) is 3.62. The molecule has 0 aliphatic carbocycles. The minimum atomic E-state index is -0.907. The van der Waals surface area contributed by atoms with Crippen LogP contribution >= 0.6 is 0 Å². The number of carbonyl (C=O) groups excluding carboxylic acids is 2. The Kier molecular flexibility index (Phi) is 8.49. The van der Waals surface area contributed by atoms with Crippen LogP contribution < -0.4 is 14.4 Å². The van der Waals surface area contributed by atoms with Gasteiger partial charge in [0.2, 0.25) is 18.6 Å². The molecule has 2 fully saturated rings. The van der Waals surface area contributed by atoms with Crippen LogP contribution in [0.15, 0.2) is 42.7 Å². The van der Waals surface area contributed by atoms with Gasteiger partial charge >= 0.3 is 5.97 Å². The molecule has 5 rings (SSSR count). The standard InChI is InChI=1S/C31H40N4O6/c1-4-5-12-35(22-7-6-11-32-16-22)28(37)18-34-17-23(21-8-9-25-26(14-21)41-20-40-25)29(30(38)39)24(34)10-13-33-19-31(2,3)15-27(33)36/h6-9,11,14,16,23-24,29H,4-5,10,12-13,15,17-20H2,1-3H3,(H,38,39)/t23-,24+,29?/m1/s1. The van der Waals surface area contributed by atoms with Crippen molar-refractivity contribution < 1.29 is 29.0 Å². The minimum absolute atomic E-state index is 0.0769. The van der Waals surface area contributed by atoms with E-state index in [9.17, 15) is 19.5 Å². The third-order valence-corrected chi connectivity index (χ3v) is 8.49. The van der Waals surface area contributed by atoms with Crippen molar-refractivity contribution in [1.82, 2.24) is 14.8 Å². The molecule has 10 heteroatoms. The zero-order chi connectivity index (χ0) is 29.1. The average molecular weight is 565 g/mol. The van der Waals surface area contributed by atoms with Crippen LogP contribution in [0.3, 0.4) is 0 Å². The molecule has 3 aliphatic rings. The summed E-state index contributed by atoms with van der Waals surface area (Å²) in [6.45, 7) is 8.51. The van der Waals surface area contributed by atoms with Gasteiger partial charge in [-0.3, -0.25) is 24.3 Å². The first-order valence-electron chi connectivity index (χ1n) is 14.5. The van der Waals surface area contributed by atoms with Crippen LogP contribution in [-0.2, 0) is 14.4 Å². The predicted molar refractivity (Wildman–Crippen MR) is 153 cm³/mol. The fourth-order valence-corrected chi connectivity index (χ4v) is 6.49. The van der Waals surface area contributed by atoms with Crippen molar-refractivity contribution >= 4 is 23.5 Å². The number of aliphatic carboxylic acids is 1. The van der Waals surface area contributed by atoms with E-state index in [1.807, 2.05) is 40.1 Å². The molecule has 0 spiro atoms. The van der Waals surface area contributed by atoms with Crippen LogP contribution in [0.25, 0.3) is 0 Å². The fourth-order valence-electron chi connectivity index (χ4n) is 6.49. The zero-order valence-corrected chi connectivity index (χ0v) is 24.1. The molecule has 0 saturated carbocycles. The molecule has 2 aromatic rings. The maximum Gasteiger partial charge on any atom is 0.308 e. The van der Waals surface area contributed by atoms with Crippen molar-refractivity contribution in [1.29, 1.82) is 0 Å². The predicted octanol–water partition coefficient (Wildman–Crippen LogP) is 3.76. The van der Waals surface area contributed by atoms with Gasteiger partial charge in [0.05, 0.1) is 24.3 Å². The van der Waals surface area contributed by atoms with E-state index < -0.39 is 17.9 Å². The SMILES string of the molecule is CCCCN(C(=O)CN1C[C@H](c2ccc3c(c2)OCO3)C(C(=O)O)[C@@H]1CCN1CC(C)(C)CC1=O)c1cccnc1. The Labute approximate surface area is 241 Å². The number of carboxylic acid groups (broad SMARTS) is 1. The maximum atomic E-state index is 13.8. The largest absolute Gasteiger partial charge is 0.481 e. The first kappa shape index (κ1) is 28.9. The number of benzene rings is 1. The number of nitrogens with zero attached hydrogens (tertiary/aromatic N) is 4. The van der Waals surface area contributed by atoms with Crippen LogP contribution in [0, 0.1) is 11.3 Å². The number of rotatable bonds is 11. The van der Waals surface area contributed by atoms with Gasteiger partial charge in [-0.15, -0.1) is 0 Å². The molecule has 1 aromatic carbocycles. The Morgan fingerprint density at radius 1 is 1.20 bits per heavy atom. The summed E-state index contributed by atoms with van der Waals surface area (Å²) >= 11 is 0. The smallest absolute Gasteiger partial charge is 0.308 e. The number of pyridine rings is 1. The molecule has 0 radical (unpaired) electrons. The van der Waals surface area contributed by atoms with Crippen molar-refractivity contribution in [2.45, 2.75) is 58.4 Å². The monoisotopic (exact) mass is 564 g/mol. The summed E-state index contributed by atoms with van der Waals surface area (Å²) in [5.41, 5.74) is 1.47. The molecule has 41 heavy (non-hydrogen) atoms. The lowest BCUT2D eigenvalue weighted by atomic mass is 9.84. The number of amides is 2. The Bertz CT molecular complexity index is 1270. The van der Waals surface area contributed by atoms with Gasteiger partial charge in [0, 0.05) is 50.8 Å². The van der Waals surface area contributed by atoms with Gasteiger partial charge in [-0.2, -0.15) is 0 Å². The molecule has 1 N–H and O–H groups in total. The molecule has 1 aromatic heterocycles. The number of anilines is 1. The number of carboxylic acids is 1. The second kappa shape index (κ2) is 12.1. The van der Waals surface area contributed by atoms with Gasteiger partial charge < -0.3 is 24.4 Å². The number of ether oxygens (including phenoxy) is 2. The normalized spacial score (nSPS) is 23.2. The third-order valence-electron chi connectivity index (χ3n) is 8.49. The molecule has 1 unspecified atom stereocenters. The highest BCUT2D eigenvalue weighted by molar-refractivity contribution is 5.94. The Balaban J connectivity index is 1.42. The summed E-state index contributed by atoms with van der Waals surface area (Å²) in [5, 5.41) is 10.5. The van der Waals surface area contributed by atoms with Gasteiger partial charge in [-0.1, -0.05) is 33.3 Å². The maximum absolute atomic E-state index is 13.8. The Morgan fingerprint density at radius 2 is 2.00 bits per heavy atom. The molecule has 3 atom stereocenters. The molecule has 220 valence electrons. The molecule has 3 aliphatic heterocycles. The van der Waals surface area contributed by atoms with E-state index in [-0.39, 0.29) is 36.5 Å². The fraction of sp³-hybridized carbons (Fsp3) is 0.548. The van der Waals surface area contributed by atoms with Crippen molar-refractivity contribution in [3.05, 3.63) is 48.3 Å². The topological polar surface area (TPSA) is 113 Å². The number of hydrogen-bond acceptors (Lipinski definition) is 7. The lowest BCUT2D eigenvalue weighted by molar-refractivity contribution is -0.143. The van der Waals surface area contributed by atoms with E-state index in [4.69, 9.17) is 9.47 Å². The summed E-state index contributed by atoms with van der Waals surface area (Å²) in [6.07, 6.45) is 6.09. The van der Waals surface area contributed by atoms with Crippen LogP contribution in [0.2, 0.25) is 0 Å². The molecule has 2 saturated heterocycles. The summed E-state index contributed by atoms with van der Waals surface area (Å²) in [6, 6.07) is 8.83. The number of fused-ring (bicyclic) bond motifs is 1. The lowest BCUT2D eigenvalue weighted by Crippen LogP contribution is -2.45. The second-order valence-corrected chi connectivity index (χ2v) is 12.1. The molecule has 4 heterocycles. The van der Waals surface area contributed by atoms with Gasteiger partial charge in [-0.05, 0) is 48.1 Å². The van der Waals surface area contributed by atoms with Gasteiger partial charge in [0.15, 0.2) is 11.5 Å². The van der Waals surface area contributed by atoms with E-state index in [2.05, 4.69) is 25.8 Å². The molecular weight excluding hydrogens is 524 g/mol. The number of unbranched alkanes of at least 4 members (excludes halogenated alkanes) is 1. The zero-order valence-electron chi connectivity index (χ0n) is 24.1. The highest BCUT2D eigenvalue weighted by atomic mass is 16.7. The highest BCUT2D eigenvalue weighted by Gasteiger charge is 2.48. The quantitative estimate of drug-likeness (QED) is 0.439. The van der Waals surface area contributed by atoms with Crippen molar-refractivity contribution in [3.8, 4) is 11.5 Å². The summed E-state index contributed by atoms with van der Waals surface area (Å²) in [4.78, 5) is 49.2. The third kappa shape index (κ3) is 6.32. The van der Waals surface area contributed by atoms with E-state index in [1.54, 1.807) is 17.3 Å². The number of carbonyl (C=O) groups is 3. The van der Waals surface area contributed by atoms with Crippen molar-refractivity contribution in [2.75, 3.05) is 44.4 Å². The summed E-state index contributed by atoms with van der Waals surface area (Å²) < 4.78 is 11.0. The molecule has 10 nitrogen and oxygen atoms in total. The molecule has 0 bridgehead atoms. The van der Waals surface area contributed by atoms with Crippen LogP contribution in [0.1, 0.15) is 57.9 Å². The van der Waals surface area contributed by atoms with E-state index in [1.165, 1.54) is 0 Å². The first-order valence-corrected chi connectivity index (χ1v) is 14.5. The van der Waals surface area contributed by atoms with Crippen molar-refractivity contribution in [3.63, 3.8) is 0 Å². The van der Waals surface area contributed by atoms with E-state index in [0.29, 0.717) is 50.5 Å². The number of likely N-dealkylation sites (tertiary alicyclic amines) is 2. The second-order valence-electron chi connectivity index (χ2n) is 12.1. The van der Waals surface area contributed by atoms with Gasteiger partial charge in [0.1, 0.15) is 0 Å². The summed E-state index contributed by atoms with van der Waals surface area (Å²) in [5.74, 6) is -0.770. The number of aromatic nitrogens is 1. The lowest BCUT2D eigenvalue weighted by Gasteiger charge is -2.31. The van der Waals surface area contributed by atoms with Crippen LogP contribution in [0.4, 0.5) is 5.69 Å². The first-order chi connectivity index (χ1) is 19.7. The summed E-state index contributed by atoms with van der Waals surface area (Å²) in [7, 11) is 0. The van der Waals surface area contributed by atoms with E-state index in [0.717, 1.165) is 24.1 Å². The minimum Gasteiger partial charge on any atom is -0.481 e. The Morgan fingerprint density at radius 3 is 2.68 bits per heavy atom. The van der Waals surface area contributed by atoms with E-state index >= 15 is 0 Å². The van der Waals surface area contributed by atoms with Crippen molar-refractivity contribution in [2.24, 2.45) is 11.3 Å². The Hall–Kier alpha value is -3.66.